The first kappa shape index (κ1) is 13.8. The van der Waals surface area contributed by atoms with Crippen LogP contribution in [0.4, 0.5) is 5.69 Å². The molecule has 0 aliphatic heterocycles. The molecule has 6 nitrogen and oxygen atoms in total. The Kier molecular flexibility index (Phi) is 4.14. The minimum atomic E-state index is -0.213. The topological polar surface area (TPSA) is 86.9 Å². The van der Waals surface area contributed by atoms with Crippen molar-refractivity contribution < 1.29 is 9.59 Å². The lowest BCUT2D eigenvalue weighted by molar-refractivity contribution is -0.119. The van der Waals surface area contributed by atoms with Crippen LogP contribution in [0.5, 0.6) is 0 Å². The molecule has 20 heavy (non-hydrogen) atoms. The number of carbonyl (C=O) groups excluding carboxylic acids is 2. The molecule has 0 unspecified atom stereocenters. The fourth-order valence-corrected chi connectivity index (χ4v) is 1.76. The Labute approximate surface area is 116 Å². The average molecular weight is 272 g/mol. The van der Waals surface area contributed by atoms with Crippen molar-refractivity contribution in [2.75, 3.05) is 12.4 Å². The summed E-state index contributed by atoms with van der Waals surface area (Å²) in [7, 11) is 1.60. The Hall–Kier alpha value is -2.63. The molecule has 0 aliphatic rings. The number of benzene rings is 1. The van der Waals surface area contributed by atoms with Crippen molar-refractivity contribution in [3.63, 3.8) is 0 Å². The number of amides is 2. The Morgan fingerprint density at radius 1 is 1.25 bits per heavy atom. The van der Waals surface area contributed by atoms with Gasteiger partial charge in [-0.05, 0) is 24.6 Å². The van der Waals surface area contributed by atoms with Crippen LogP contribution in [0.15, 0.2) is 30.5 Å². The number of aryl methyl sites for hydroxylation is 1. The number of rotatable bonds is 4. The van der Waals surface area contributed by atoms with Crippen molar-refractivity contribution in [2.45, 2.75) is 13.3 Å². The van der Waals surface area contributed by atoms with Crippen molar-refractivity contribution in [3.8, 4) is 0 Å². The largest absolute Gasteiger partial charge is 0.359 e. The maximum Gasteiger partial charge on any atom is 0.259 e. The van der Waals surface area contributed by atoms with Crippen molar-refractivity contribution in [1.29, 1.82) is 0 Å². The van der Waals surface area contributed by atoms with Gasteiger partial charge in [0, 0.05) is 18.4 Å². The van der Waals surface area contributed by atoms with E-state index in [0.717, 1.165) is 11.3 Å². The highest BCUT2D eigenvalue weighted by molar-refractivity contribution is 6.04. The fourth-order valence-electron chi connectivity index (χ4n) is 1.76. The summed E-state index contributed by atoms with van der Waals surface area (Å²) in [5, 5.41) is 11.9. The van der Waals surface area contributed by atoms with E-state index in [2.05, 4.69) is 20.8 Å². The third kappa shape index (κ3) is 3.23. The van der Waals surface area contributed by atoms with Gasteiger partial charge in [-0.2, -0.15) is 5.10 Å². The molecule has 0 bridgehead atoms. The third-order valence-corrected chi connectivity index (χ3v) is 2.93. The second kappa shape index (κ2) is 6.01. The summed E-state index contributed by atoms with van der Waals surface area (Å²) in [4.78, 5) is 23.2. The minimum Gasteiger partial charge on any atom is -0.359 e. The van der Waals surface area contributed by atoms with Crippen LogP contribution in [-0.2, 0) is 11.2 Å². The second-order valence-electron chi connectivity index (χ2n) is 4.41. The molecule has 2 aromatic rings. The number of nitrogens with one attached hydrogen (secondary N) is 3. The van der Waals surface area contributed by atoms with E-state index in [0.29, 0.717) is 17.7 Å². The lowest BCUT2D eigenvalue weighted by Gasteiger charge is -2.06. The van der Waals surface area contributed by atoms with Gasteiger partial charge in [0.15, 0.2) is 0 Å². The van der Waals surface area contributed by atoms with Gasteiger partial charge in [-0.25, -0.2) is 0 Å². The molecule has 1 aromatic heterocycles. The van der Waals surface area contributed by atoms with Gasteiger partial charge in [0.05, 0.1) is 18.2 Å². The van der Waals surface area contributed by atoms with Crippen LogP contribution in [0.2, 0.25) is 0 Å². The number of likely N-dealkylation sites (N-methyl/N-ethyl adjacent to an activating group) is 1. The van der Waals surface area contributed by atoms with E-state index < -0.39 is 0 Å². The molecule has 6 heteroatoms. The molecule has 3 N–H and O–H groups in total. The van der Waals surface area contributed by atoms with Gasteiger partial charge >= 0.3 is 0 Å². The molecule has 0 radical (unpaired) electrons. The molecule has 1 aromatic carbocycles. The average Bonchev–Trinajstić information content (AvgIpc) is 2.87. The molecule has 0 saturated carbocycles. The lowest BCUT2D eigenvalue weighted by atomic mass is 10.1. The van der Waals surface area contributed by atoms with Gasteiger partial charge in [-0.1, -0.05) is 12.1 Å². The molecular weight excluding hydrogens is 256 g/mol. The molecule has 0 fully saturated rings. The summed E-state index contributed by atoms with van der Waals surface area (Å²) in [5.74, 6) is -0.258. The number of aromatic amines is 1. The number of H-pyrrole nitrogens is 1. The van der Waals surface area contributed by atoms with Crippen molar-refractivity contribution >= 4 is 17.5 Å². The highest BCUT2D eigenvalue weighted by Crippen LogP contribution is 2.12. The molecule has 2 rings (SSSR count). The maximum atomic E-state index is 12.0. The van der Waals surface area contributed by atoms with Gasteiger partial charge < -0.3 is 10.6 Å². The van der Waals surface area contributed by atoms with Gasteiger partial charge in [0.2, 0.25) is 5.91 Å². The number of nitrogens with zero attached hydrogens (tertiary/aromatic N) is 1. The number of carbonyl (C=O) groups is 2. The monoisotopic (exact) mass is 272 g/mol. The Bertz CT molecular complexity index is 616. The fraction of sp³-hybridized carbons (Fsp3) is 0.214. The molecular formula is C14H16N4O2. The summed E-state index contributed by atoms with van der Waals surface area (Å²) in [6.07, 6.45) is 1.82. The van der Waals surface area contributed by atoms with E-state index in [9.17, 15) is 9.59 Å². The zero-order valence-electron chi connectivity index (χ0n) is 11.4. The van der Waals surface area contributed by atoms with Crippen LogP contribution in [0.3, 0.4) is 0 Å². The van der Waals surface area contributed by atoms with E-state index >= 15 is 0 Å². The van der Waals surface area contributed by atoms with Crippen LogP contribution < -0.4 is 10.6 Å². The molecule has 0 aliphatic carbocycles. The van der Waals surface area contributed by atoms with E-state index in [4.69, 9.17) is 0 Å². The standard InChI is InChI=1S/C14H16N4O2/c1-9-12(8-16-18-9)14(20)17-11-5-3-10(4-6-11)7-13(19)15-2/h3-6,8H,7H2,1-2H3,(H,15,19)(H,16,18)(H,17,20). The first-order chi connectivity index (χ1) is 9.60. The van der Waals surface area contributed by atoms with Crippen molar-refractivity contribution in [2.24, 2.45) is 0 Å². The van der Waals surface area contributed by atoms with Crippen LogP contribution >= 0.6 is 0 Å². The Balaban J connectivity index is 2.02. The van der Waals surface area contributed by atoms with Crippen molar-refractivity contribution in [3.05, 3.63) is 47.3 Å². The summed E-state index contributed by atoms with van der Waals surface area (Å²) < 4.78 is 0. The molecule has 0 spiro atoms. The summed E-state index contributed by atoms with van der Waals surface area (Å²) in [6, 6.07) is 7.16. The smallest absolute Gasteiger partial charge is 0.259 e. The SMILES string of the molecule is CNC(=O)Cc1ccc(NC(=O)c2cn[nH]c2C)cc1. The van der Waals surface area contributed by atoms with Crippen LogP contribution in [0.1, 0.15) is 21.6 Å². The molecule has 1 heterocycles. The zero-order valence-corrected chi connectivity index (χ0v) is 11.4. The summed E-state index contributed by atoms with van der Waals surface area (Å²) >= 11 is 0. The van der Waals surface area contributed by atoms with E-state index in [-0.39, 0.29) is 11.8 Å². The Morgan fingerprint density at radius 2 is 1.95 bits per heavy atom. The predicted molar refractivity (Wildman–Crippen MR) is 75.5 cm³/mol. The van der Waals surface area contributed by atoms with Crippen molar-refractivity contribution in [1.82, 2.24) is 15.5 Å². The molecule has 104 valence electrons. The quantitative estimate of drug-likeness (QED) is 0.783. The third-order valence-electron chi connectivity index (χ3n) is 2.93. The summed E-state index contributed by atoms with van der Waals surface area (Å²) in [6.45, 7) is 1.79. The highest BCUT2D eigenvalue weighted by Gasteiger charge is 2.10. The molecule has 0 atom stereocenters. The highest BCUT2D eigenvalue weighted by atomic mass is 16.2. The van der Waals surface area contributed by atoms with Gasteiger partial charge in [-0.15, -0.1) is 0 Å². The number of hydrogen-bond donors (Lipinski definition) is 3. The normalized spacial score (nSPS) is 10.1. The Morgan fingerprint density at radius 3 is 2.50 bits per heavy atom. The van der Waals surface area contributed by atoms with Crippen LogP contribution in [-0.4, -0.2) is 29.1 Å². The number of anilines is 1. The van der Waals surface area contributed by atoms with Gasteiger partial charge in [-0.3, -0.25) is 14.7 Å². The minimum absolute atomic E-state index is 0.0455. The van der Waals surface area contributed by atoms with Gasteiger partial charge in [0.25, 0.3) is 5.91 Å². The zero-order chi connectivity index (χ0) is 14.5. The first-order valence-electron chi connectivity index (χ1n) is 6.21. The van der Waals surface area contributed by atoms with Gasteiger partial charge in [0.1, 0.15) is 0 Å². The number of hydrogen-bond acceptors (Lipinski definition) is 3. The van der Waals surface area contributed by atoms with E-state index in [1.165, 1.54) is 6.20 Å². The van der Waals surface area contributed by atoms with Crippen LogP contribution in [0.25, 0.3) is 0 Å². The van der Waals surface area contributed by atoms with Crippen LogP contribution in [0, 0.1) is 6.92 Å². The lowest BCUT2D eigenvalue weighted by Crippen LogP contribution is -2.19. The first-order valence-corrected chi connectivity index (χ1v) is 6.21. The van der Waals surface area contributed by atoms with E-state index in [1.54, 1.807) is 26.1 Å². The maximum absolute atomic E-state index is 12.0. The molecule has 2 amide bonds. The predicted octanol–water partition coefficient (Wildman–Crippen LogP) is 1.26. The molecule has 0 saturated heterocycles. The summed E-state index contributed by atoms with van der Waals surface area (Å²) in [5.41, 5.74) is 2.80. The second-order valence-corrected chi connectivity index (χ2v) is 4.41. The van der Waals surface area contributed by atoms with E-state index in [1.807, 2.05) is 12.1 Å². The number of aromatic nitrogens is 2.